The Morgan fingerprint density at radius 3 is 2.65 bits per heavy atom. The molecule has 0 radical (unpaired) electrons. The number of ether oxygens (including phenoxy) is 3. The number of carbonyl (C=O) groups is 1. The van der Waals surface area contributed by atoms with Gasteiger partial charge in [0, 0.05) is 0 Å². The lowest BCUT2D eigenvalue weighted by Crippen LogP contribution is -2.24. The molecule has 94 valence electrons. The van der Waals surface area contributed by atoms with E-state index >= 15 is 0 Å². The van der Waals surface area contributed by atoms with Crippen LogP contribution in [-0.4, -0.2) is 25.5 Å². The Morgan fingerprint density at radius 1 is 1.29 bits per heavy atom. The summed E-state index contributed by atoms with van der Waals surface area (Å²) in [5.41, 5.74) is 1.07. The zero-order chi connectivity index (χ0) is 12.5. The SMILES string of the molecule is CCOC(=O)C(C)OCOCc1ccccc1. The smallest absolute Gasteiger partial charge is 0.335 e. The minimum Gasteiger partial charge on any atom is -0.464 e. The molecule has 0 spiro atoms. The van der Waals surface area contributed by atoms with Crippen molar-refractivity contribution in [2.75, 3.05) is 13.4 Å². The van der Waals surface area contributed by atoms with Crippen LogP contribution in [-0.2, 0) is 25.6 Å². The molecule has 4 heteroatoms. The standard InChI is InChI=1S/C13H18O4/c1-3-16-13(14)11(2)17-10-15-9-12-7-5-4-6-8-12/h4-8,11H,3,9-10H2,1-2H3. The predicted molar refractivity (Wildman–Crippen MR) is 63.3 cm³/mol. The van der Waals surface area contributed by atoms with E-state index in [0.717, 1.165) is 5.56 Å². The quantitative estimate of drug-likeness (QED) is 0.414. The average Bonchev–Trinajstić information content (AvgIpc) is 2.36. The summed E-state index contributed by atoms with van der Waals surface area (Å²) < 4.78 is 15.3. The lowest BCUT2D eigenvalue weighted by atomic mass is 10.2. The summed E-state index contributed by atoms with van der Waals surface area (Å²) in [5, 5.41) is 0. The molecular formula is C13H18O4. The largest absolute Gasteiger partial charge is 0.464 e. The van der Waals surface area contributed by atoms with Crippen molar-refractivity contribution in [3.05, 3.63) is 35.9 Å². The van der Waals surface area contributed by atoms with Crippen LogP contribution >= 0.6 is 0 Å². The average molecular weight is 238 g/mol. The van der Waals surface area contributed by atoms with Gasteiger partial charge in [-0.15, -0.1) is 0 Å². The van der Waals surface area contributed by atoms with Gasteiger partial charge in [-0.05, 0) is 19.4 Å². The Morgan fingerprint density at radius 2 is 2.00 bits per heavy atom. The van der Waals surface area contributed by atoms with Crippen molar-refractivity contribution in [1.29, 1.82) is 0 Å². The molecule has 1 unspecified atom stereocenters. The van der Waals surface area contributed by atoms with Gasteiger partial charge in [0.2, 0.25) is 0 Å². The van der Waals surface area contributed by atoms with Gasteiger partial charge in [-0.3, -0.25) is 0 Å². The highest BCUT2D eigenvalue weighted by atomic mass is 16.7. The maximum Gasteiger partial charge on any atom is 0.335 e. The molecule has 1 atom stereocenters. The van der Waals surface area contributed by atoms with E-state index in [-0.39, 0.29) is 12.8 Å². The summed E-state index contributed by atoms with van der Waals surface area (Å²) in [7, 11) is 0. The first-order valence-corrected chi connectivity index (χ1v) is 5.64. The monoisotopic (exact) mass is 238 g/mol. The number of hydrogen-bond donors (Lipinski definition) is 0. The van der Waals surface area contributed by atoms with Gasteiger partial charge in [-0.25, -0.2) is 4.79 Å². The molecule has 0 aromatic heterocycles. The molecule has 17 heavy (non-hydrogen) atoms. The van der Waals surface area contributed by atoms with Crippen molar-refractivity contribution in [3.63, 3.8) is 0 Å². The van der Waals surface area contributed by atoms with E-state index in [9.17, 15) is 4.79 Å². The molecule has 4 nitrogen and oxygen atoms in total. The maximum atomic E-state index is 11.2. The lowest BCUT2D eigenvalue weighted by Gasteiger charge is -2.11. The van der Waals surface area contributed by atoms with E-state index < -0.39 is 6.10 Å². The molecule has 0 aliphatic heterocycles. The second kappa shape index (κ2) is 7.81. The highest BCUT2D eigenvalue weighted by molar-refractivity contribution is 5.74. The van der Waals surface area contributed by atoms with Crippen LogP contribution in [0.3, 0.4) is 0 Å². The third-order valence-electron chi connectivity index (χ3n) is 2.13. The van der Waals surface area contributed by atoms with Crippen molar-refractivity contribution in [2.24, 2.45) is 0 Å². The van der Waals surface area contributed by atoms with E-state index in [0.29, 0.717) is 13.2 Å². The van der Waals surface area contributed by atoms with Crippen molar-refractivity contribution in [1.82, 2.24) is 0 Å². The van der Waals surface area contributed by atoms with E-state index in [1.807, 2.05) is 30.3 Å². The first kappa shape index (κ1) is 13.7. The maximum absolute atomic E-state index is 11.2. The zero-order valence-corrected chi connectivity index (χ0v) is 10.2. The topological polar surface area (TPSA) is 44.8 Å². The van der Waals surface area contributed by atoms with Crippen molar-refractivity contribution < 1.29 is 19.0 Å². The highest BCUT2D eigenvalue weighted by Gasteiger charge is 2.13. The summed E-state index contributed by atoms with van der Waals surface area (Å²) in [6.07, 6.45) is -0.592. The van der Waals surface area contributed by atoms with Crippen LogP contribution in [0.25, 0.3) is 0 Å². The molecule has 0 N–H and O–H groups in total. The molecule has 0 fully saturated rings. The minimum atomic E-state index is -0.592. The fraction of sp³-hybridized carbons (Fsp3) is 0.462. The van der Waals surface area contributed by atoms with Crippen molar-refractivity contribution in [2.45, 2.75) is 26.6 Å². The van der Waals surface area contributed by atoms with E-state index in [1.165, 1.54) is 0 Å². The molecule has 0 aliphatic rings. The van der Waals surface area contributed by atoms with Gasteiger partial charge in [0.15, 0.2) is 6.10 Å². The van der Waals surface area contributed by atoms with Crippen LogP contribution in [0, 0.1) is 0 Å². The van der Waals surface area contributed by atoms with Crippen LogP contribution in [0.1, 0.15) is 19.4 Å². The third kappa shape index (κ3) is 5.47. The minimum absolute atomic E-state index is 0.0782. The van der Waals surface area contributed by atoms with Crippen molar-refractivity contribution in [3.8, 4) is 0 Å². The Kier molecular flexibility index (Phi) is 6.29. The van der Waals surface area contributed by atoms with Gasteiger partial charge < -0.3 is 14.2 Å². The molecule has 1 rings (SSSR count). The van der Waals surface area contributed by atoms with Crippen LogP contribution in [0.15, 0.2) is 30.3 Å². The number of rotatable bonds is 7. The van der Waals surface area contributed by atoms with E-state index in [2.05, 4.69) is 0 Å². The summed E-state index contributed by atoms with van der Waals surface area (Å²) >= 11 is 0. The summed E-state index contributed by atoms with van der Waals surface area (Å²) in [4.78, 5) is 11.2. The Balaban J connectivity index is 2.14. The number of hydrogen-bond acceptors (Lipinski definition) is 4. The molecule has 1 aromatic carbocycles. The van der Waals surface area contributed by atoms with Gasteiger partial charge in [0.1, 0.15) is 6.79 Å². The number of carbonyl (C=O) groups excluding carboxylic acids is 1. The summed E-state index contributed by atoms with van der Waals surface area (Å²) in [6, 6.07) is 9.77. The number of benzene rings is 1. The third-order valence-corrected chi connectivity index (χ3v) is 2.13. The van der Waals surface area contributed by atoms with Crippen LogP contribution in [0.4, 0.5) is 0 Å². The summed E-state index contributed by atoms with van der Waals surface area (Å²) in [5.74, 6) is -0.365. The normalized spacial score (nSPS) is 12.1. The molecule has 0 aliphatic carbocycles. The molecule has 0 saturated heterocycles. The van der Waals surface area contributed by atoms with Crippen LogP contribution < -0.4 is 0 Å². The molecular weight excluding hydrogens is 220 g/mol. The van der Waals surface area contributed by atoms with Gasteiger partial charge in [0.05, 0.1) is 13.2 Å². The van der Waals surface area contributed by atoms with Gasteiger partial charge in [-0.1, -0.05) is 30.3 Å². The molecule has 1 aromatic rings. The second-order valence-corrected chi connectivity index (χ2v) is 3.51. The Hall–Kier alpha value is -1.39. The lowest BCUT2D eigenvalue weighted by molar-refractivity contribution is -0.165. The molecule has 0 amide bonds. The second-order valence-electron chi connectivity index (χ2n) is 3.51. The fourth-order valence-electron chi connectivity index (χ4n) is 1.21. The molecule has 0 heterocycles. The van der Waals surface area contributed by atoms with E-state index in [4.69, 9.17) is 14.2 Å². The zero-order valence-electron chi connectivity index (χ0n) is 10.2. The van der Waals surface area contributed by atoms with Gasteiger partial charge in [-0.2, -0.15) is 0 Å². The van der Waals surface area contributed by atoms with E-state index in [1.54, 1.807) is 13.8 Å². The van der Waals surface area contributed by atoms with Crippen LogP contribution in [0.5, 0.6) is 0 Å². The first-order chi connectivity index (χ1) is 8.24. The van der Waals surface area contributed by atoms with Gasteiger partial charge in [0.25, 0.3) is 0 Å². The highest BCUT2D eigenvalue weighted by Crippen LogP contribution is 2.01. The van der Waals surface area contributed by atoms with Gasteiger partial charge >= 0.3 is 5.97 Å². The first-order valence-electron chi connectivity index (χ1n) is 5.64. The summed E-state index contributed by atoms with van der Waals surface area (Å²) in [6.45, 7) is 4.31. The number of esters is 1. The van der Waals surface area contributed by atoms with Crippen molar-refractivity contribution >= 4 is 5.97 Å². The predicted octanol–water partition coefficient (Wildman–Crippen LogP) is 2.13. The van der Waals surface area contributed by atoms with Crippen LogP contribution in [0.2, 0.25) is 0 Å². The Labute approximate surface area is 101 Å². The molecule has 0 saturated carbocycles. The Bertz CT molecular complexity index is 323. The molecule has 0 bridgehead atoms. The fourth-order valence-corrected chi connectivity index (χ4v) is 1.21.